The number of benzene rings is 1. The molecule has 0 aliphatic carbocycles. The number of nitrogens with one attached hydrogen (secondary N) is 1. The maximum Gasteiger partial charge on any atom is 0.335 e. The molecule has 1 aromatic heterocycles. The lowest BCUT2D eigenvalue weighted by molar-refractivity contribution is 0.0697. The van der Waals surface area contributed by atoms with E-state index in [1.165, 1.54) is 16.7 Å². The summed E-state index contributed by atoms with van der Waals surface area (Å²) in [7, 11) is 0. The van der Waals surface area contributed by atoms with Crippen molar-refractivity contribution < 1.29 is 9.90 Å². The lowest BCUT2D eigenvalue weighted by Gasteiger charge is -2.29. The van der Waals surface area contributed by atoms with E-state index < -0.39 is 17.1 Å². The van der Waals surface area contributed by atoms with Crippen LogP contribution in [0.15, 0.2) is 27.8 Å². The van der Waals surface area contributed by atoms with Crippen LogP contribution in [-0.2, 0) is 0 Å². The summed E-state index contributed by atoms with van der Waals surface area (Å²) in [5.41, 5.74) is -0.681. The van der Waals surface area contributed by atoms with Gasteiger partial charge >= 0.3 is 17.1 Å². The Morgan fingerprint density at radius 1 is 1.29 bits per heavy atom. The Bertz CT molecular complexity index is 824. The molecule has 6 nitrogen and oxygen atoms in total. The lowest BCUT2D eigenvalue weighted by Crippen LogP contribution is -2.40. The van der Waals surface area contributed by atoms with Crippen molar-refractivity contribution in [1.82, 2.24) is 9.55 Å². The van der Waals surface area contributed by atoms with Crippen molar-refractivity contribution in [3.63, 3.8) is 0 Å². The molecule has 112 valence electrons. The standard InChI is InChI=1S/C15H18N2O4/c1-8(15(2,3)4)17-11-6-5-9(14(20)21)7-10(11)16-12(18)13(17)19/h5-8H,1-4H3,(H,16,18)(H,20,21). The maximum absolute atomic E-state index is 12.2. The second-order valence-electron chi connectivity index (χ2n) is 6.21. The van der Waals surface area contributed by atoms with Gasteiger partial charge in [-0.05, 0) is 30.5 Å². The van der Waals surface area contributed by atoms with E-state index in [1.54, 1.807) is 6.07 Å². The van der Waals surface area contributed by atoms with Crippen molar-refractivity contribution in [1.29, 1.82) is 0 Å². The van der Waals surface area contributed by atoms with Crippen LogP contribution < -0.4 is 11.1 Å². The van der Waals surface area contributed by atoms with Gasteiger partial charge in [-0.15, -0.1) is 0 Å². The van der Waals surface area contributed by atoms with Crippen molar-refractivity contribution in [3.05, 3.63) is 44.5 Å². The summed E-state index contributed by atoms with van der Waals surface area (Å²) in [4.78, 5) is 37.5. The van der Waals surface area contributed by atoms with Crippen LogP contribution in [0.4, 0.5) is 0 Å². The predicted octanol–water partition coefficient (Wildman–Crippen LogP) is 2.00. The highest BCUT2D eigenvalue weighted by atomic mass is 16.4. The third kappa shape index (κ3) is 2.61. The molecule has 0 saturated heterocycles. The highest BCUT2D eigenvalue weighted by molar-refractivity contribution is 5.92. The van der Waals surface area contributed by atoms with Gasteiger partial charge < -0.3 is 10.1 Å². The number of nitrogens with zero attached hydrogens (tertiary/aromatic N) is 1. The van der Waals surface area contributed by atoms with Crippen LogP contribution in [0.5, 0.6) is 0 Å². The number of hydrogen-bond acceptors (Lipinski definition) is 3. The monoisotopic (exact) mass is 290 g/mol. The molecule has 2 rings (SSSR count). The first-order valence-electron chi connectivity index (χ1n) is 6.65. The largest absolute Gasteiger partial charge is 0.478 e. The quantitative estimate of drug-likeness (QED) is 0.827. The van der Waals surface area contributed by atoms with Crippen molar-refractivity contribution >= 4 is 17.0 Å². The summed E-state index contributed by atoms with van der Waals surface area (Å²) < 4.78 is 1.43. The summed E-state index contributed by atoms with van der Waals surface area (Å²) in [5.74, 6) is -1.08. The normalized spacial score (nSPS) is 13.3. The van der Waals surface area contributed by atoms with Crippen LogP contribution in [0.3, 0.4) is 0 Å². The second-order valence-corrected chi connectivity index (χ2v) is 6.21. The number of aromatic amines is 1. The van der Waals surface area contributed by atoms with Crippen LogP contribution in [0.1, 0.15) is 44.1 Å². The van der Waals surface area contributed by atoms with E-state index >= 15 is 0 Å². The third-order valence-corrected chi connectivity index (χ3v) is 3.80. The molecule has 1 heterocycles. The Hall–Kier alpha value is -2.37. The van der Waals surface area contributed by atoms with E-state index in [1.807, 2.05) is 27.7 Å². The molecular formula is C15H18N2O4. The highest BCUT2D eigenvalue weighted by Crippen LogP contribution is 2.30. The number of rotatable bonds is 2. The van der Waals surface area contributed by atoms with Gasteiger partial charge in [0.05, 0.1) is 16.6 Å². The van der Waals surface area contributed by atoms with Gasteiger partial charge in [-0.1, -0.05) is 20.8 Å². The summed E-state index contributed by atoms with van der Waals surface area (Å²) in [6, 6.07) is 4.13. The smallest absolute Gasteiger partial charge is 0.335 e. The molecule has 0 aliphatic heterocycles. The molecule has 6 heteroatoms. The minimum Gasteiger partial charge on any atom is -0.478 e. The molecular weight excluding hydrogens is 272 g/mol. The number of carboxylic acid groups (broad SMARTS) is 1. The minimum atomic E-state index is -1.08. The van der Waals surface area contributed by atoms with E-state index in [-0.39, 0.29) is 17.0 Å². The fourth-order valence-corrected chi connectivity index (χ4v) is 2.15. The van der Waals surface area contributed by atoms with Gasteiger partial charge in [-0.3, -0.25) is 14.2 Å². The lowest BCUT2D eigenvalue weighted by atomic mass is 9.87. The molecule has 1 aromatic carbocycles. The fourth-order valence-electron chi connectivity index (χ4n) is 2.15. The average molecular weight is 290 g/mol. The van der Waals surface area contributed by atoms with Crippen molar-refractivity contribution in [2.75, 3.05) is 0 Å². The predicted molar refractivity (Wildman–Crippen MR) is 80.0 cm³/mol. The maximum atomic E-state index is 12.2. The van der Waals surface area contributed by atoms with Crippen LogP contribution in [0.2, 0.25) is 0 Å². The molecule has 1 unspecified atom stereocenters. The van der Waals surface area contributed by atoms with Crippen LogP contribution in [0, 0.1) is 5.41 Å². The summed E-state index contributed by atoms with van der Waals surface area (Å²) in [6.07, 6.45) is 0. The first kappa shape index (κ1) is 15.0. The van der Waals surface area contributed by atoms with Crippen LogP contribution in [-0.4, -0.2) is 20.6 Å². The highest BCUT2D eigenvalue weighted by Gasteiger charge is 2.25. The Labute approximate surface area is 121 Å². The minimum absolute atomic E-state index is 0.0618. The zero-order valence-corrected chi connectivity index (χ0v) is 12.4. The van der Waals surface area contributed by atoms with Gasteiger partial charge in [-0.25, -0.2) is 4.79 Å². The Morgan fingerprint density at radius 2 is 1.90 bits per heavy atom. The van der Waals surface area contributed by atoms with Crippen LogP contribution in [0.25, 0.3) is 11.0 Å². The SMILES string of the molecule is CC(n1c(=O)c(=O)[nH]c2cc(C(=O)O)ccc21)C(C)(C)C. The number of fused-ring (bicyclic) bond motifs is 1. The molecule has 0 spiro atoms. The van der Waals surface area contributed by atoms with Crippen molar-refractivity contribution in [2.45, 2.75) is 33.7 Å². The molecule has 0 amide bonds. The molecule has 0 bridgehead atoms. The number of carbonyl (C=O) groups is 1. The van der Waals surface area contributed by atoms with Gasteiger partial charge in [0.2, 0.25) is 0 Å². The van der Waals surface area contributed by atoms with E-state index in [9.17, 15) is 14.4 Å². The average Bonchev–Trinajstić information content (AvgIpc) is 2.38. The topological polar surface area (TPSA) is 92.2 Å². The van der Waals surface area contributed by atoms with Crippen molar-refractivity contribution in [3.8, 4) is 0 Å². The van der Waals surface area contributed by atoms with Gasteiger partial charge in [0.1, 0.15) is 0 Å². The number of aromatic nitrogens is 2. The van der Waals surface area contributed by atoms with Gasteiger partial charge in [0, 0.05) is 6.04 Å². The van der Waals surface area contributed by atoms with Gasteiger partial charge in [0.15, 0.2) is 0 Å². The molecule has 0 saturated carbocycles. The first-order chi connectivity index (χ1) is 9.62. The number of hydrogen-bond donors (Lipinski definition) is 2. The fraction of sp³-hybridized carbons (Fsp3) is 0.400. The molecule has 2 aromatic rings. The van der Waals surface area contributed by atoms with Gasteiger partial charge in [-0.2, -0.15) is 0 Å². The summed E-state index contributed by atoms with van der Waals surface area (Å²) in [6.45, 7) is 7.79. The zero-order chi connectivity index (χ0) is 15.9. The van der Waals surface area contributed by atoms with Gasteiger partial charge in [0.25, 0.3) is 0 Å². The number of aromatic carboxylic acids is 1. The second kappa shape index (κ2) is 4.87. The Balaban J connectivity index is 2.87. The Morgan fingerprint density at radius 3 is 2.43 bits per heavy atom. The number of carboxylic acids is 1. The van der Waals surface area contributed by atoms with Crippen LogP contribution >= 0.6 is 0 Å². The third-order valence-electron chi connectivity index (χ3n) is 3.80. The molecule has 0 radical (unpaired) electrons. The first-order valence-corrected chi connectivity index (χ1v) is 6.65. The molecule has 1 atom stereocenters. The van der Waals surface area contributed by atoms with E-state index in [2.05, 4.69) is 4.98 Å². The molecule has 21 heavy (non-hydrogen) atoms. The van der Waals surface area contributed by atoms with Crippen molar-refractivity contribution in [2.24, 2.45) is 5.41 Å². The zero-order valence-electron chi connectivity index (χ0n) is 12.4. The van der Waals surface area contributed by atoms with E-state index in [4.69, 9.17) is 5.11 Å². The van der Waals surface area contributed by atoms with E-state index in [0.29, 0.717) is 11.0 Å². The molecule has 0 aliphatic rings. The Kier molecular flexibility index (Phi) is 3.49. The summed E-state index contributed by atoms with van der Waals surface area (Å²) >= 11 is 0. The summed E-state index contributed by atoms with van der Waals surface area (Å²) in [5, 5.41) is 9.02. The molecule has 2 N–H and O–H groups in total. The van der Waals surface area contributed by atoms with E-state index in [0.717, 1.165) is 0 Å². The number of H-pyrrole nitrogens is 1. The molecule has 0 fully saturated rings.